The summed E-state index contributed by atoms with van der Waals surface area (Å²) in [6.07, 6.45) is -5.33. The fourth-order valence-corrected chi connectivity index (χ4v) is 4.36. The third kappa shape index (κ3) is 14.0. The second kappa shape index (κ2) is 21.2. The molecule has 2 aliphatic heterocycles. The molecule has 6 atom stereocenters. The summed E-state index contributed by atoms with van der Waals surface area (Å²) in [4.78, 5) is 0. The van der Waals surface area contributed by atoms with Gasteiger partial charge in [-0.1, -0.05) is 58.0 Å². The standard InChI is InChI=1S/C7H14O6.C6HCl5O.C6H15O3P.C3H6O/c1-12-7-6(11)5(10)4(9)3(2-8)13-7;7-1-2(8)4(10)6(12)5(11)3(1)9;1-4-7-10(8-5-2)9-6-3;1-3-2-4-3/h3-11H,2H2,1H3;12H;4-6H2,1-3H3;3H,2H2,1H3/t3-,4-,5+,6-,7+;;;/m1.../s1. The summed E-state index contributed by atoms with van der Waals surface area (Å²) in [6.45, 7) is 10.3. The van der Waals surface area contributed by atoms with Gasteiger partial charge in [-0.25, -0.2) is 0 Å². The molecule has 11 nitrogen and oxygen atoms in total. The molecule has 39 heavy (non-hydrogen) atoms. The van der Waals surface area contributed by atoms with E-state index in [-0.39, 0.29) is 30.9 Å². The van der Waals surface area contributed by atoms with E-state index in [0.29, 0.717) is 25.9 Å². The summed E-state index contributed by atoms with van der Waals surface area (Å²) in [7, 11) is 0.237. The first kappa shape index (κ1) is 39.5. The second-order valence-corrected chi connectivity index (χ2v) is 10.6. The Morgan fingerprint density at radius 2 is 1.18 bits per heavy atom. The van der Waals surface area contributed by atoms with Gasteiger partial charge in [0.25, 0.3) is 0 Å². The Morgan fingerprint density at radius 3 is 1.49 bits per heavy atom. The summed E-state index contributed by atoms with van der Waals surface area (Å²) in [5.74, 6) is -0.363. The number of hydrogen-bond donors (Lipinski definition) is 5. The molecule has 0 aromatic heterocycles. The number of halogens is 5. The third-order valence-electron chi connectivity index (χ3n) is 4.47. The van der Waals surface area contributed by atoms with Crippen LogP contribution in [0.25, 0.3) is 0 Å². The van der Waals surface area contributed by atoms with E-state index < -0.39 is 45.9 Å². The van der Waals surface area contributed by atoms with Gasteiger partial charge in [0.05, 0.1) is 54.2 Å². The molecule has 17 heteroatoms. The normalized spacial score (nSPS) is 25.5. The summed E-state index contributed by atoms with van der Waals surface area (Å²) in [6, 6.07) is 0. The molecule has 2 aliphatic rings. The van der Waals surface area contributed by atoms with Gasteiger partial charge in [0.1, 0.15) is 34.5 Å². The molecule has 0 spiro atoms. The van der Waals surface area contributed by atoms with Crippen LogP contribution in [0.3, 0.4) is 0 Å². The molecule has 0 saturated carbocycles. The van der Waals surface area contributed by atoms with Crippen molar-refractivity contribution in [2.24, 2.45) is 0 Å². The van der Waals surface area contributed by atoms with Gasteiger partial charge in [0.2, 0.25) is 0 Å². The predicted octanol–water partition coefficient (Wildman–Crippen LogP) is 4.82. The van der Waals surface area contributed by atoms with Crippen LogP contribution in [-0.2, 0) is 27.8 Å². The van der Waals surface area contributed by atoms with E-state index in [1.165, 1.54) is 7.11 Å². The van der Waals surface area contributed by atoms with Crippen LogP contribution in [0.15, 0.2) is 0 Å². The van der Waals surface area contributed by atoms with E-state index in [9.17, 15) is 20.4 Å². The van der Waals surface area contributed by atoms with Crippen molar-refractivity contribution in [3.05, 3.63) is 25.1 Å². The van der Waals surface area contributed by atoms with Gasteiger partial charge in [0.15, 0.2) is 12.0 Å². The lowest BCUT2D eigenvalue weighted by molar-refractivity contribution is -0.294. The largest absolute Gasteiger partial charge is 0.505 e. The van der Waals surface area contributed by atoms with Gasteiger partial charge in [-0.05, 0) is 27.7 Å². The van der Waals surface area contributed by atoms with Crippen molar-refractivity contribution in [1.82, 2.24) is 0 Å². The molecule has 0 radical (unpaired) electrons. The molecule has 2 saturated heterocycles. The fraction of sp³-hybridized carbons (Fsp3) is 0.727. The van der Waals surface area contributed by atoms with Crippen LogP contribution in [0, 0.1) is 0 Å². The van der Waals surface area contributed by atoms with E-state index in [1.807, 2.05) is 20.8 Å². The zero-order valence-electron chi connectivity index (χ0n) is 22.0. The van der Waals surface area contributed by atoms with E-state index >= 15 is 0 Å². The van der Waals surface area contributed by atoms with E-state index in [4.69, 9.17) is 90.9 Å². The van der Waals surface area contributed by atoms with Gasteiger partial charge in [0, 0.05) is 7.11 Å². The maximum absolute atomic E-state index is 9.28. The van der Waals surface area contributed by atoms with Crippen LogP contribution in [0.2, 0.25) is 25.1 Å². The quantitative estimate of drug-likeness (QED) is 0.111. The first-order chi connectivity index (χ1) is 18.3. The lowest BCUT2D eigenvalue weighted by Crippen LogP contribution is -2.58. The minimum Gasteiger partial charge on any atom is -0.505 e. The molecule has 2 heterocycles. The Hall–Kier alpha value is 0.500. The fourth-order valence-electron chi connectivity index (χ4n) is 2.38. The van der Waals surface area contributed by atoms with Gasteiger partial charge < -0.3 is 53.3 Å². The minimum atomic E-state index is -1.36. The van der Waals surface area contributed by atoms with Crippen molar-refractivity contribution in [2.75, 3.05) is 40.1 Å². The molecule has 1 aromatic carbocycles. The first-order valence-corrected chi connectivity index (χ1v) is 14.6. The highest BCUT2D eigenvalue weighted by molar-refractivity contribution is 7.41. The Morgan fingerprint density at radius 1 is 0.795 bits per heavy atom. The van der Waals surface area contributed by atoms with Crippen LogP contribution in [0.4, 0.5) is 0 Å². The van der Waals surface area contributed by atoms with Crippen LogP contribution in [0.5, 0.6) is 5.75 Å². The number of hydrogen-bond acceptors (Lipinski definition) is 11. The highest BCUT2D eigenvalue weighted by Gasteiger charge is 2.43. The first-order valence-electron chi connectivity index (χ1n) is 11.7. The average molecular weight is 685 g/mol. The van der Waals surface area contributed by atoms with Crippen LogP contribution in [-0.4, -0.2) is 102 Å². The number of phenols is 1. The number of aliphatic hydroxyl groups excluding tert-OH is 4. The number of rotatable bonds is 8. The van der Waals surface area contributed by atoms with Gasteiger partial charge in [-0.15, -0.1) is 0 Å². The van der Waals surface area contributed by atoms with Crippen molar-refractivity contribution in [3.63, 3.8) is 0 Å². The molecule has 1 aromatic rings. The molecule has 1 unspecified atom stereocenters. The number of aromatic hydroxyl groups is 1. The Labute approximate surface area is 254 Å². The lowest BCUT2D eigenvalue weighted by atomic mass is 9.99. The Bertz CT molecular complexity index is 686. The van der Waals surface area contributed by atoms with Crippen molar-refractivity contribution in [1.29, 1.82) is 0 Å². The summed E-state index contributed by atoms with van der Waals surface area (Å²) in [5, 5.41) is 45.6. The van der Waals surface area contributed by atoms with Crippen molar-refractivity contribution in [2.45, 2.75) is 64.5 Å². The second-order valence-electron chi connectivity index (χ2n) is 7.47. The molecule has 2 fully saturated rings. The van der Waals surface area contributed by atoms with Gasteiger partial charge in [-0.2, -0.15) is 0 Å². The average Bonchev–Trinajstić information content (AvgIpc) is 3.72. The van der Waals surface area contributed by atoms with Crippen LogP contribution >= 0.6 is 66.6 Å². The number of aliphatic hydroxyl groups is 4. The smallest absolute Gasteiger partial charge is 0.332 e. The van der Waals surface area contributed by atoms with Gasteiger partial charge >= 0.3 is 8.60 Å². The van der Waals surface area contributed by atoms with Crippen LogP contribution in [0.1, 0.15) is 27.7 Å². The van der Waals surface area contributed by atoms with E-state index in [0.717, 1.165) is 6.61 Å². The molecule has 0 bridgehead atoms. The molecule has 3 rings (SSSR count). The topological polar surface area (TPSA) is 160 Å². The predicted molar refractivity (Wildman–Crippen MR) is 151 cm³/mol. The molecule has 0 aliphatic carbocycles. The summed E-state index contributed by atoms with van der Waals surface area (Å²) >= 11 is 27.9. The SMILES string of the molecule is CC1CO1.CCOP(OCC)OCC.CO[C@H]1O[C@H](CO)[C@@H](O)[C@H](O)[C@H]1O.Oc1c(Cl)c(Cl)c(Cl)c(Cl)c1Cl. The van der Waals surface area contributed by atoms with Crippen LogP contribution < -0.4 is 0 Å². The lowest BCUT2D eigenvalue weighted by Gasteiger charge is -2.38. The Balaban J connectivity index is 0.000000520. The van der Waals surface area contributed by atoms with Crippen molar-refractivity contribution >= 4 is 66.6 Å². The Kier molecular flexibility index (Phi) is 21.5. The molecular formula is C22H36Cl5O11P. The number of benzene rings is 1. The molecule has 5 N–H and O–H groups in total. The maximum atomic E-state index is 9.28. The molecule has 0 amide bonds. The summed E-state index contributed by atoms with van der Waals surface area (Å²) < 4.78 is 29.8. The molecule has 230 valence electrons. The zero-order chi connectivity index (χ0) is 30.3. The van der Waals surface area contributed by atoms with Crippen molar-refractivity contribution in [3.8, 4) is 5.75 Å². The number of ether oxygens (including phenoxy) is 3. The minimum absolute atomic E-state index is 0.00904. The zero-order valence-corrected chi connectivity index (χ0v) is 26.7. The van der Waals surface area contributed by atoms with Gasteiger partial charge in [-0.3, -0.25) is 0 Å². The summed E-state index contributed by atoms with van der Waals surface area (Å²) in [5.41, 5.74) is 0. The third-order valence-corrected chi connectivity index (χ3v) is 8.13. The number of phenolic OH excluding ortho intramolecular Hbond substituents is 1. The monoisotopic (exact) mass is 682 g/mol. The molecular weight excluding hydrogens is 648 g/mol. The highest BCUT2D eigenvalue weighted by atomic mass is 35.5. The van der Waals surface area contributed by atoms with Crippen molar-refractivity contribution < 1.29 is 53.3 Å². The highest BCUT2D eigenvalue weighted by Crippen LogP contribution is 2.47. The van der Waals surface area contributed by atoms with E-state index in [1.54, 1.807) is 0 Å². The number of epoxide rings is 1. The van der Waals surface area contributed by atoms with E-state index in [2.05, 4.69) is 6.92 Å². The maximum Gasteiger partial charge on any atom is 0.332 e. The number of methoxy groups -OCH3 is 1.